The predicted molar refractivity (Wildman–Crippen MR) is 80.4 cm³/mol. The Morgan fingerprint density at radius 2 is 2.42 bits per heavy atom. The monoisotopic (exact) mass is 270 g/mol. The highest BCUT2D eigenvalue weighted by atomic mass is 32.1. The molecule has 0 bridgehead atoms. The van der Waals surface area contributed by atoms with Crippen molar-refractivity contribution in [2.75, 3.05) is 20.1 Å². The van der Waals surface area contributed by atoms with Crippen LogP contribution in [0.1, 0.15) is 17.8 Å². The molecule has 3 aliphatic rings. The molecule has 0 amide bonds. The highest BCUT2D eigenvalue weighted by Gasteiger charge is 2.22. The summed E-state index contributed by atoms with van der Waals surface area (Å²) in [5, 5.41) is 2.60. The van der Waals surface area contributed by atoms with E-state index in [2.05, 4.69) is 36.3 Å². The molecule has 1 aliphatic heterocycles. The summed E-state index contributed by atoms with van der Waals surface area (Å²) in [7, 11) is 2.22. The molecule has 0 spiro atoms. The largest absolute Gasteiger partial charge is 0.306 e. The highest BCUT2D eigenvalue weighted by molar-refractivity contribution is 7.09. The summed E-state index contributed by atoms with van der Waals surface area (Å²) in [4.78, 5) is 7.35. The molecule has 19 heavy (non-hydrogen) atoms. The van der Waals surface area contributed by atoms with E-state index >= 15 is 0 Å². The number of hydrogen-bond donors (Lipinski definition) is 0. The molecule has 3 heteroatoms. The first-order valence-electron chi connectivity index (χ1n) is 7.06. The maximum absolute atomic E-state index is 4.92. The molecule has 1 aromatic rings. The number of rotatable bonds is 2. The summed E-state index contributed by atoms with van der Waals surface area (Å²) in [6.45, 7) is 2.48. The van der Waals surface area contributed by atoms with Crippen molar-refractivity contribution in [3.8, 4) is 0 Å². The molecule has 2 aliphatic carbocycles. The zero-order valence-electron chi connectivity index (χ0n) is 11.2. The van der Waals surface area contributed by atoms with E-state index in [0.717, 1.165) is 18.8 Å². The fourth-order valence-corrected chi connectivity index (χ4v) is 4.47. The lowest BCUT2D eigenvalue weighted by atomic mass is 10.0. The molecule has 0 radical (unpaired) electrons. The van der Waals surface area contributed by atoms with Gasteiger partial charge < -0.3 is 4.90 Å². The van der Waals surface area contributed by atoms with Crippen LogP contribution in [0.5, 0.6) is 0 Å². The van der Waals surface area contributed by atoms with E-state index in [9.17, 15) is 0 Å². The predicted octanol–water partition coefficient (Wildman–Crippen LogP) is 1.47. The van der Waals surface area contributed by atoms with Gasteiger partial charge in [-0.25, -0.2) is 4.98 Å². The highest BCUT2D eigenvalue weighted by Crippen LogP contribution is 2.24. The summed E-state index contributed by atoms with van der Waals surface area (Å²) >= 11 is 1.90. The van der Waals surface area contributed by atoms with Gasteiger partial charge in [-0.1, -0.05) is 18.2 Å². The zero-order chi connectivity index (χ0) is 12.8. The van der Waals surface area contributed by atoms with Crippen LogP contribution in [0.2, 0.25) is 0 Å². The summed E-state index contributed by atoms with van der Waals surface area (Å²) in [6.07, 6.45) is 12.4. The minimum Gasteiger partial charge on any atom is -0.306 e. The van der Waals surface area contributed by atoms with Gasteiger partial charge >= 0.3 is 0 Å². The van der Waals surface area contributed by atoms with Gasteiger partial charge in [-0.15, -0.1) is 11.3 Å². The van der Waals surface area contributed by atoms with E-state index in [4.69, 9.17) is 4.98 Å². The molecule has 1 atom stereocenters. The van der Waals surface area contributed by atoms with Crippen molar-refractivity contribution >= 4 is 23.0 Å². The molecule has 98 valence electrons. The summed E-state index contributed by atoms with van der Waals surface area (Å²) < 4.78 is 1.38. The number of allylic oxidation sites excluding steroid dienone is 4. The molecule has 2 heterocycles. The van der Waals surface area contributed by atoms with E-state index in [1.807, 2.05) is 11.3 Å². The average Bonchev–Trinajstić information content (AvgIpc) is 3.04. The average molecular weight is 270 g/mol. The molecule has 0 N–H and O–H groups in total. The van der Waals surface area contributed by atoms with E-state index in [-0.39, 0.29) is 0 Å². The Labute approximate surface area is 117 Å². The van der Waals surface area contributed by atoms with Crippen LogP contribution in [0.4, 0.5) is 0 Å². The molecule has 4 rings (SSSR count). The fourth-order valence-electron chi connectivity index (χ4n) is 3.30. The second kappa shape index (κ2) is 4.43. The topological polar surface area (TPSA) is 16.1 Å². The first kappa shape index (κ1) is 11.6. The van der Waals surface area contributed by atoms with Crippen LogP contribution in [0, 0.1) is 5.92 Å². The summed E-state index contributed by atoms with van der Waals surface area (Å²) in [5.74, 6) is 0.808. The first-order chi connectivity index (χ1) is 9.29. The van der Waals surface area contributed by atoms with Crippen molar-refractivity contribution in [1.82, 2.24) is 9.88 Å². The Kier molecular flexibility index (Phi) is 2.71. The smallest absolute Gasteiger partial charge is 0.0942 e. The lowest BCUT2D eigenvalue weighted by Crippen LogP contribution is -2.19. The number of aromatic nitrogens is 1. The minimum absolute atomic E-state index is 0.808. The normalized spacial score (nSPS) is 25.2. The van der Waals surface area contributed by atoms with Gasteiger partial charge in [0.25, 0.3) is 0 Å². The van der Waals surface area contributed by atoms with Crippen LogP contribution in [0.3, 0.4) is 0 Å². The Bertz CT molecular complexity index is 693. The Balaban J connectivity index is 1.64. The lowest BCUT2D eigenvalue weighted by Gasteiger charge is -2.08. The third-order valence-electron chi connectivity index (χ3n) is 4.30. The number of nitrogens with zero attached hydrogens (tertiary/aromatic N) is 2. The van der Waals surface area contributed by atoms with Crippen molar-refractivity contribution < 1.29 is 0 Å². The second-order valence-corrected chi connectivity index (χ2v) is 6.93. The maximum atomic E-state index is 4.92. The standard InChI is InChI=1S/C16H18N2S/c1-18-7-6-11(10-18)8-15-17-16-13-5-3-2-4-12(13)9-14(16)19-15/h2-4,9,11H,5-8,10H2,1H3. The summed E-state index contributed by atoms with van der Waals surface area (Å²) in [6, 6.07) is 0. The third kappa shape index (κ3) is 2.01. The molecule has 1 aromatic heterocycles. The van der Waals surface area contributed by atoms with Crippen LogP contribution in [-0.2, 0) is 6.42 Å². The molecule has 2 nitrogen and oxygen atoms in total. The van der Waals surface area contributed by atoms with Crippen molar-refractivity contribution in [2.24, 2.45) is 5.92 Å². The van der Waals surface area contributed by atoms with Gasteiger partial charge in [0.2, 0.25) is 0 Å². The van der Waals surface area contributed by atoms with Crippen molar-refractivity contribution in [1.29, 1.82) is 0 Å². The second-order valence-electron chi connectivity index (χ2n) is 5.82. The number of thiazole rings is 1. The molecular weight excluding hydrogens is 252 g/mol. The van der Waals surface area contributed by atoms with Crippen LogP contribution in [-0.4, -0.2) is 30.0 Å². The van der Waals surface area contributed by atoms with Crippen LogP contribution < -0.4 is 9.88 Å². The van der Waals surface area contributed by atoms with Crippen LogP contribution >= 0.6 is 11.3 Å². The van der Waals surface area contributed by atoms with Gasteiger partial charge in [-0.3, -0.25) is 0 Å². The summed E-state index contributed by atoms with van der Waals surface area (Å²) in [5.41, 5.74) is 2.81. The Morgan fingerprint density at radius 1 is 1.47 bits per heavy atom. The lowest BCUT2D eigenvalue weighted by molar-refractivity contribution is 0.394. The van der Waals surface area contributed by atoms with E-state index in [0.29, 0.717) is 0 Å². The molecule has 0 aromatic carbocycles. The number of hydrogen-bond acceptors (Lipinski definition) is 3. The van der Waals surface area contributed by atoms with Crippen LogP contribution in [0.25, 0.3) is 11.6 Å². The minimum atomic E-state index is 0.808. The first-order valence-corrected chi connectivity index (χ1v) is 7.87. The van der Waals surface area contributed by atoms with Crippen molar-refractivity contribution in [2.45, 2.75) is 19.3 Å². The Hall–Kier alpha value is -1.19. The molecule has 0 saturated carbocycles. The molecule has 1 unspecified atom stereocenters. The van der Waals surface area contributed by atoms with Crippen LogP contribution in [0.15, 0.2) is 23.8 Å². The number of fused-ring (bicyclic) bond motifs is 2. The van der Waals surface area contributed by atoms with E-state index in [1.165, 1.54) is 45.5 Å². The zero-order valence-corrected chi connectivity index (χ0v) is 12.0. The van der Waals surface area contributed by atoms with E-state index in [1.54, 1.807) is 0 Å². The molecule has 1 saturated heterocycles. The van der Waals surface area contributed by atoms with E-state index < -0.39 is 0 Å². The molecular formula is C16H18N2S. The van der Waals surface area contributed by atoms with Gasteiger partial charge in [0.05, 0.1) is 14.9 Å². The van der Waals surface area contributed by atoms with Gasteiger partial charge in [0.15, 0.2) is 0 Å². The quantitative estimate of drug-likeness (QED) is 0.809. The van der Waals surface area contributed by atoms with Gasteiger partial charge in [-0.05, 0) is 49.6 Å². The fraction of sp³-hybridized carbons (Fsp3) is 0.438. The third-order valence-corrected chi connectivity index (χ3v) is 5.33. The Morgan fingerprint density at radius 3 is 3.26 bits per heavy atom. The van der Waals surface area contributed by atoms with Gasteiger partial charge in [-0.2, -0.15) is 0 Å². The maximum Gasteiger partial charge on any atom is 0.0942 e. The molecule has 1 fully saturated rings. The van der Waals surface area contributed by atoms with Gasteiger partial charge in [0, 0.05) is 13.0 Å². The SMILES string of the molecule is CN1CCC(Cc2nc3c(s2)=CC2=CC=CCC=32)C1. The number of likely N-dealkylation sites (tertiary alicyclic amines) is 1. The van der Waals surface area contributed by atoms with Crippen molar-refractivity contribution in [3.05, 3.63) is 38.7 Å². The van der Waals surface area contributed by atoms with Crippen molar-refractivity contribution in [3.63, 3.8) is 0 Å². The van der Waals surface area contributed by atoms with Gasteiger partial charge in [0.1, 0.15) is 0 Å².